The number of rotatable bonds is 4. The Hall–Kier alpha value is -1.65. The van der Waals surface area contributed by atoms with Crippen molar-refractivity contribution in [2.75, 3.05) is 0 Å². The average molecular weight is 296 g/mol. The first-order valence-corrected chi connectivity index (χ1v) is 6.32. The van der Waals surface area contributed by atoms with E-state index in [1.54, 1.807) is 24.3 Å². The SMILES string of the molecule is NC(=S)c1c(F)cccc1OCc1ccc(Cl)cc1. The van der Waals surface area contributed by atoms with Gasteiger partial charge in [-0.05, 0) is 29.8 Å². The molecule has 0 atom stereocenters. The molecule has 2 N–H and O–H groups in total. The Morgan fingerprint density at radius 1 is 1.21 bits per heavy atom. The van der Waals surface area contributed by atoms with Gasteiger partial charge in [-0.2, -0.15) is 0 Å². The molecule has 0 aliphatic heterocycles. The molecule has 19 heavy (non-hydrogen) atoms. The molecule has 98 valence electrons. The third-order valence-corrected chi connectivity index (χ3v) is 2.99. The molecule has 0 saturated heterocycles. The number of benzene rings is 2. The number of hydrogen-bond donors (Lipinski definition) is 1. The van der Waals surface area contributed by atoms with Crippen LogP contribution in [0.4, 0.5) is 4.39 Å². The van der Waals surface area contributed by atoms with Crippen molar-refractivity contribution in [1.29, 1.82) is 0 Å². The second-order valence-corrected chi connectivity index (χ2v) is 4.77. The van der Waals surface area contributed by atoms with Crippen molar-refractivity contribution in [2.45, 2.75) is 6.61 Å². The van der Waals surface area contributed by atoms with Crippen molar-refractivity contribution in [1.82, 2.24) is 0 Å². The summed E-state index contributed by atoms with van der Waals surface area (Å²) in [6.07, 6.45) is 0. The van der Waals surface area contributed by atoms with Crippen LogP contribution in [0.25, 0.3) is 0 Å². The van der Waals surface area contributed by atoms with Gasteiger partial charge < -0.3 is 10.5 Å². The van der Waals surface area contributed by atoms with Crippen LogP contribution in [0.15, 0.2) is 42.5 Å². The van der Waals surface area contributed by atoms with Crippen molar-refractivity contribution >= 4 is 28.8 Å². The van der Waals surface area contributed by atoms with Crippen molar-refractivity contribution in [3.8, 4) is 5.75 Å². The number of halogens is 2. The summed E-state index contributed by atoms with van der Waals surface area (Å²) in [4.78, 5) is -0.0239. The Morgan fingerprint density at radius 2 is 1.89 bits per heavy atom. The molecule has 0 aliphatic carbocycles. The fourth-order valence-electron chi connectivity index (χ4n) is 1.61. The Morgan fingerprint density at radius 3 is 2.53 bits per heavy atom. The van der Waals surface area contributed by atoms with Crippen molar-refractivity contribution in [3.63, 3.8) is 0 Å². The van der Waals surface area contributed by atoms with E-state index in [0.29, 0.717) is 10.8 Å². The predicted molar refractivity (Wildman–Crippen MR) is 78.1 cm³/mol. The summed E-state index contributed by atoms with van der Waals surface area (Å²) in [6.45, 7) is 0.288. The summed E-state index contributed by atoms with van der Waals surface area (Å²) in [5.74, 6) is -0.149. The normalized spacial score (nSPS) is 10.2. The minimum atomic E-state index is -0.485. The monoisotopic (exact) mass is 295 g/mol. The molecular formula is C14H11ClFNOS. The van der Waals surface area contributed by atoms with E-state index < -0.39 is 5.82 Å². The highest BCUT2D eigenvalue weighted by Crippen LogP contribution is 2.22. The Labute approximate surface area is 120 Å². The minimum absolute atomic E-state index is 0.0239. The fraction of sp³-hybridized carbons (Fsp3) is 0.0714. The molecule has 0 saturated carbocycles. The van der Waals surface area contributed by atoms with Gasteiger partial charge in [0.25, 0.3) is 0 Å². The minimum Gasteiger partial charge on any atom is -0.488 e. The van der Waals surface area contributed by atoms with Crippen LogP contribution in [0, 0.1) is 5.82 Å². The van der Waals surface area contributed by atoms with E-state index in [9.17, 15) is 4.39 Å². The van der Waals surface area contributed by atoms with E-state index in [1.807, 2.05) is 12.1 Å². The molecule has 0 amide bonds. The average Bonchev–Trinajstić information content (AvgIpc) is 2.37. The second kappa shape index (κ2) is 5.99. The quantitative estimate of drug-likeness (QED) is 0.874. The maximum atomic E-state index is 13.6. The van der Waals surface area contributed by atoms with E-state index in [0.717, 1.165) is 5.56 Å². The third-order valence-electron chi connectivity index (χ3n) is 2.53. The highest BCUT2D eigenvalue weighted by molar-refractivity contribution is 7.80. The first kappa shape index (κ1) is 13.8. The maximum Gasteiger partial charge on any atom is 0.137 e. The first-order chi connectivity index (χ1) is 9.08. The molecule has 2 nitrogen and oxygen atoms in total. The number of thiocarbonyl (C=S) groups is 1. The van der Waals surface area contributed by atoms with Crippen LogP contribution in [-0.4, -0.2) is 4.99 Å². The maximum absolute atomic E-state index is 13.6. The summed E-state index contributed by atoms with van der Waals surface area (Å²) in [7, 11) is 0. The predicted octanol–water partition coefficient (Wildman–Crippen LogP) is 3.69. The van der Waals surface area contributed by atoms with Crippen molar-refractivity contribution in [2.24, 2.45) is 5.73 Å². The zero-order valence-electron chi connectivity index (χ0n) is 9.90. The Kier molecular flexibility index (Phi) is 4.35. The van der Waals surface area contributed by atoms with Gasteiger partial charge in [-0.1, -0.05) is 42.0 Å². The summed E-state index contributed by atoms with van der Waals surface area (Å²) in [6, 6.07) is 11.7. The van der Waals surface area contributed by atoms with Gasteiger partial charge >= 0.3 is 0 Å². The fourth-order valence-corrected chi connectivity index (χ4v) is 1.93. The molecule has 0 fully saturated rings. The van der Waals surface area contributed by atoms with E-state index in [2.05, 4.69) is 0 Å². The van der Waals surface area contributed by atoms with Crippen molar-refractivity contribution < 1.29 is 9.13 Å². The second-order valence-electron chi connectivity index (χ2n) is 3.89. The highest BCUT2D eigenvalue weighted by Gasteiger charge is 2.12. The van der Waals surface area contributed by atoms with Crippen LogP contribution in [-0.2, 0) is 6.61 Å². The molecule has 0 bridgehead atoms. The summed E-state index contributed by atoms with van der Waals surface area (Å²) in [5.41, 5.74) is 6.55. The molecule has 2 rings (SSSR count). The smallest absolute Gasteiger partial charge is 0.137 e. The van der Waals surface area contributed by atoms with Gasteiger partial charge in [0.2, 0.25) is 0 Å². The van der Waals surface area contributed by atoms with Gasteiger partial charge in [-0.15, -0.1) is 0 Å². The van der Waals surface area contributed by atoms with Crippen LogP contribution < -0.4 is 10.5 Å². The molecule has 0 aromatic heterocycles. The molecule has 0 radical (unpaired) electrons. The molecule has 0 aliphatic rings. The van der Waals surface area contributed by atoms with Gasteiger partial charge in [-0.25, -0.2) is 4.39 Å². The lowest BCUT2D eigenvalue weighted by Gasteiger charge is -2.11. The summed E-state index contributed by atoms with van der Waals surface area (Å²) < 4.78 is 19.2. The topological polar surface area (TPSA) is 35.2 Å². The summed E-state index contributed by atoms with van der Waals surface area (Å²) in [5, 5.41) is 0.651. The molecule has 2 aromatic rings. The lowest BCUT2D eigenvalue weighted by Crippen LogP contribution is -2.14. The van der Waals surface area contributed by atoms with E-state index in [4.69, 9.17) is 34.3 Å². The third kappa shape index (κ3) is 3.43. The van der Waals surface area contributed by atoms with Crippen LogP contribution in [0.2, 0.25) is 5.02 Å². The number of hydrogen-bond acceptors (Lipinski definition) is 2. The number of ether oxygens (including phenoxy) is 1. The Bertz CT molecular complexity index is 601. The van der Waals surface area contributed by atoms with Gasteiger partial charge in [-0.3, -0.25) is 0 Å². The molecule has 2 aromatic carbocycles. The lowest BCUT2D eigenvalue weighted by atomic mass is 10.2. The van der Waals surface area contributed by atoms with Crippen LogP contribution in [0.1, 0.15) is 11.1 Å². The van der Waals surface area contributed by atoms with Gasteiger partial charge in [0.05, 0.1) is 5.56 Å². The van der Waals surface area contributed by atoms with E-state index in [1.165, 1.54) is 6.07 Å². The molecule has 5 heteroatoms. The number of nitrogens with two attached hydrogens (primary N) is 1. The highest BCUT2D eigenvalue weighted by atomic mass is 35.5. The Balaban J connectivity index is 2.18. The zero-order valence-corrected chi connectivity index (χ0v) is 11.5. The van der Waals surface area contributed by atoms with Crippen LogP contribution >= 0.6 is 23.8 Å². The van der Waals surface area contributed by atoms with Gasteiger partial charge in [0.15, 0.2) is 0 Å². The van der Waals surface area contributed by atoms with Crippen molar-refractivity contribution in [3.05, 3.63) is 64.4 Å². The standard InChI is InChI=1S/C14H11ClFNOS/c15-10-6-4-9(5-7-10)8-18-12-3-1-2-11(16)13(12)14(17)19/h1-7H,8H2,(H2,17,19). The van der Waals surface area contributed by atoms with Crippen LogP contribution in [0.5, 0.6) is 5.75 Å². The van der Waals surface area contributed by atoms with Gasteiger partial charge in [0.1, 0.15) is 23.2 Å². The lowest BCUT2D eigenvalue weighted by molar-refractivity contribution is 0.304. The first-order valence-electron chi connectivity index (χ1n) is 5.53. The van der Waals surface area contributed by atoms with Crippen LogP contribution in [0.3, 0.4) is 0 Å². The van der Waals surface area contributed by atoms with Gasteiger partial charge in [0, 0.05) is 5.02 Å². The summed E-state index contributed by atoms with van der Waals surface area (Å²) >= 11 is 10.6. The largest absolute Gasteiger partial charge is 0.488 e. The molecular weight excluding hydrogens is 285 g/mol. The zero-order chi connectivity index (χ0) is 13.8. The molecule has 0 spiro atoms. The van der Waals surface area contributed by atoms with E-state index >= 15 is 0 Å². The molecule has 0 unspecified atom stereocenters. The van der Waals surface area contributed by atoms with E-state index in [-0.39, 0.29) is 17.2 Å². The molecule has 0 heterocycles.